The minimum atomic E-state index is -0.118. The molecule has 0 spiro atoms. The van der Waals surface area contributed by atoms with E-state index in [1.165, 1.54) is 64.7 Å². The second kappa shape index (κ2) is 13.5. The maximum absolute atomic E-state index is 11.2. The van der Waals surface area contributed by atoms with Gasteiger partial charge in [0.15, 0.2) is 0 Å². The van der Waals surface area contributed by atoms with Crippen molar-refractivity contribution in [3.8, 4) is 0 Å². The van der Waals surface area contributed by atoms with Crippen LogP contribution in [0.2, 0.25) is 0 Å². The first kappa shape index (κ1) is 19.5. The molecule has 0 N–H and O–H groups in total. The molecule has 0 aromatic rings. The Bertz CT molecular complexity index is 225. The van der Waals surface area contributed by atoms with Crippen molar-refractivity contribution in [2.24, 2.45) is 5.92 Å². The molecule has 2 heteroatoms. The zero-order valence-corrected chi connectivity index (χ0v) is 14.2. The van der Waals surface area contributed by atoms with Gasteiger partial charge in [0.25, 0.3) is 0 Å². The van der Waals surface area contributed by atoms with Crippen LogP contribution in [-0.4, -0.2) is 12.1 Å². The Labute approximate surface area is 126 Å². The second-order valence-electron chi connectivity index (χ2n) is 6.07. The molecule has 0 aliphatic heterocycles. The van der Waals surface area contributed by atoms with Gasteiger partial charge in [-0.15, -0.1) is 0 Å². The molecule has 0 bridgehead atoms. The first-order chi connectivity index (χ1) is 9.63. The zero-order chi connectivity index (χ0) is 15.2. The van der Waals surface area contributed by atoms with Crippen molar-refractivity contribution in [3.63, 3.8) is 0 Å². The third-order valence-corrected chi connectivity index (χ3v) is 4.15. The average Bonchev–Trinajstić information content (AvgIpc) is 2.42. The lowest BCUT2D eigenvalue weighted by Gasteiger charge is -2.20. The van der Waals surface area contributed by atoms with E-state index in [9.17, 15) is 4.79 Å². The van der Waals surface area contributed by atoms with Gasteiger partial charge in [-0.05, 0) is 31.6 Å². The van der Waals surface area contributed by atoms with Crippen molar-refractivity contribution in [3.05, 3.63) is 0 Å². The predicted octanol–water partition coefficient (Wildman–Crippen LogP) is 5.89. The van der Waals surface area contributed by atoms with Crippen LogP contribution in [0.25, 0.3) is 0 Å². The number of rotatable bonds is 13. The SMILES string of the molecule is CCCCCCC(CCC(CC)CCCC)OC(C)=O. The highest BCUT2D eigenvalue weighted by Gasteiger charge is 2.14. The summed E-state index contributed by atoms with van der Waals surface area (Å²) in [6.07, 6.45) is 13.7. The maximum atomic E-state index is 11.2. The number of hydrogen-bond acceptors (Lipinski definition) is 2. The highest BCUT2D eigenvalue weighted by Crippen LogP contribution is 2.22. The Morgan fingerprint density at radius 1 is 0.850 bits per heavy atom. The summed E-state index contributed by atoms with van der Waals surface area (Å²) < 4.78 is 5.49. The maximum Gasteiger partial charge on any atom is 0.302 e. The number of hydrogen-bond donors (Lipinski definition) is 0. The monoisotopic (exact) mass is 284 g/mol. The van der Waals surface area contributed by atoms with E-state index in [0.29, 0.717) is 0 Å². The van der Waals surface area contributed by atoms with Gasteiger partial charge >= 0.3 is 5.97 Å². The third kappa shape index (κ3) is 11.3. The van der Waals surface area contributed by atoms with E-state index in [-0.39, 0.29) is 12.1 Å². The van der Waals surface area contributed by atoms with E-state index >= 15 is 0 Å². The fourth-order valence-electron chi connectivity index (χ4n) is 2.76. The van der Waals surface area contributed by atoms with Crippen molar-refractivity contribution in [1.29, 1.82) is 0 Å². The number of esters is 1. The summed E-state index contributed by atoms with van der Waals surface area (Å²) in [6.45, 7) is 8.29. The molecule has 0 aliphatic rings. The highest BCUT2D eigenvalue weighted by atomic mass is 16.5. The van der Waals surface area contributed by atoms with Gasteiger partial charge in [0.1, 0.15) is 6.10 Å². The van der Waals surface area contributed by atoms with Gasteiger partial charge in [-0.1, -0.05) is 65.7 Å². The Morgan fingerprint density at radius 2 is 1.55 bits per heavy atom. The van der Waals surface area contributed by atoms with E-state index in [1.807, 2.05) is 0 Å². The zero-order valence-electron chi connectivity index (χ0n) is 14.2. The Balaban J connectivity index is 4.02. The molecule has 0 heterocycles. The summed E-state index contributed by atoms with van der Waals surface area (Å²) in [6, 6.07) is 0. The van der Waals surface area contributed by atoms with Crippen molar-refractivity contribution in [1.82, 2.24) is 0 Å². The molecular formula is C18H36O2. The molecule has 2 unspecified atom stereocenters. The number of ether oxygens (including phenoxy) is 1. The summed E-state index contributed by atoms with van der Waals surface area (Å²) in [4.78, 5) is 11.2. The topological polar surface area (TPSA) is 26.3 Å². The van der Waals surface area contributed by atoms with Crippen LogP contribution < -0.4 is 0 Å². The lowest BCUT2D eigenvalue weighted by atomic mass is 9.92. The molecule has 0 saturated carbocycles. The largest absolute Gasteiger partial charge is 0.463 e. The van der Waals surface area contributed by atoms with Crippen LogP contribution in [0.1, 0.15) is 98.3 Å². The van der Waals surface area contributed by atoms with Crippen molar-refractivity contribution >= 4 is 5.97 Å². The van der Waals surface area contributed by atoms with E-state index < -0.39 is 0 Å². The number of carbonyl (C=O) groups is 1. The van der Waals surface area contributed by atoms with Gasteiger partial charge in [0, 0.05) is 6.92 Å². The summed E-state index contributed by atoms with van der Waals surface area (Å²) in [5.41, 5.74) is 0. The minimum absolute atomic E-state index is 0.118. The van der Waals surface area contributed by atoms with E-state index in [0.717, 1.165) is 18.8 Å². The Morgan fingerprint density at radius 3 is 2.10 bits per heavy atom. The van der Waals surface area contributed by atoms with Crippen LogP contribution in [0.4, 0.5) is 0 Å². The highest BCUT2D eigenvalue weighted by molar-refractivity contribution is 5.66. The van der Waals surface area contributed by atoms with E-state index in [1.54, 1.807) is 0 Å². The number of carbonyl (C=O) groups excluding carboxylic acids is 1. The number of unbranched alkanes of at least 4 members (excludes halogenated alkanes) is 4. The molecule has 0 aliphatic carbocycles. The van der Waals surface area contributed by atoms with Gasteiger partial charge in [0.2, 0.25) is 0 Å². The standard InChI is InChI=1S/C18H36O2/c1-5-8-10-11-13-18(20-16(4)19)15-14-17(7-3)12-9-6-2/h17-18H,5-15H2,1-4H3. The molecule has 20 heavy (non-hydrogen) atoms. The molecule has 120 valence electrons. The fourth-order valence-corrected chi connectivity index (χ4v) is 2.76. The predicted molar refractivity (Wildman–Crippen MR) is 86.9 cm³/mol. The van der Waals surface area contributed by atoms with Crippen LogP contribution in [0.5, 0.6) is 0 Å². The van der Waals surface area contributed by atoms with Crippen LogP contribution in [0, 0.1) is 5.92 Å². The van der Waals surface area contributed by atoms with E-state index in [4.69, 9.17) is 4.74 Å². The van der Waals surface area contributed by atoms with Crippen LogP contribution in [-0.2, 0) is 9.53 Å². The second-order valence-corrected chi connectivity index (χ2v) is 6.07. The molecule has 0 fully saturated rings. The summed E-state index contributed by atoms with van der Waals surface area (Å²) in [5.74, 6) is 0.691. The van der Waals surface area contributed by atoms with Crippen molar-refractivity contribution in [2.45, 2.75) is 104 Å². The third-order valence-electron chi connectivity index (χ3n) is 4.15. The molecular weight excluding hydrogens is 248 g/mol. The molecule has 2 atom stereocenters. The molecule has 0 rings (SSSR count). The molecule has 0 radical (unpaired) electrons. The van der Waals surface area contributed by atoms with E-state index in [2.05, 4.69) is 20.8 Å². The quantitative estimate of drug-likeness (QED) is 0.311. The molecule has 0 saturated heterocycles. The van der Waals surface area contributed by atoms with Crippen molar-refractivity contribution in [2.75, 3.05) is 0 Å². The lowest BCUT2D eigenvalue weighted by Crippen LogP contribution is -2.18. The Kier molecular flexibility index (Phi) is 13.1. The smallest absolute Gasteiger partial charge is 0.302 e. The van der Waals surface area contributed by atoms with Gasteiger partial charge < -0.3 is 4.74 Å². The normalized spacial score (nSPS) is 14.0. The molecule has 0 amide bonds. The molecule has 0 aromatic heterocycles. The van der Waals surface area contributed by atoms with Crippen LogP contribution >= 0.6 is 0 Å². The summed E-state index contributed by atoms with van der Waals surface area (Å²) in [5, 5.41) is 0. The van der Waals surface area contributed by atoms with Crippen LogP contribution in [0.3, 0.4) is 0 Å². The first-order valence-electron chi connectivity index (χ1n) is 8.81. The lowest BCUT2D eigenvalue weighted by molar-refractivity contribution is -0.147. The van der Waals surface area contributed by atoms with Crippen molar-refractivity contribution < 1.29 is 9.53 Å². The van der Waals surface area contributed by atoms with Crippen LogP contribution in [0.15, 0.2) is 0 Å². The molecule has 2 nitrogen and oxygen atoms in total. The molecule has 0 aromatic carbocycles. The van der Waals surface area contributed by atoms with Gasteiger partial charge in [-0.25, -0.2) is 0 Å². The fraction of sp³-hybridized carbons (Fsp3) is 0.944. The average molecular weight is 284 g/mol. The first-order valence-corrected chi connectivity index (χ1v) is 8.81. The summed E-state index contributed by atoms with van der Waals surface area (Å²) in [7, 11) is 0. The Hall–Kier alpha value is -0.530. The van der Waals surface area contributed by atoms with Gasteiger partial charge in [0.05, 0.1) is 0 Å². The summed E-state index contributed by atoms with van der Waals surface area (Å²) >= 11 is 0. The van der Waals surface area contributed by atoms with Gasteiger partial charge in [-0.3, -0.25) is 4.79 Å². The van der Waals surface area contributed by atoms with Gasteiger partial charge in [-0.2, -0.15) is 0 Å². The minimum Gasteiger partial charge on any atom is -0.463 e.